The van der Waals surface area contributed by atoms with Crippen molar-refractivity contribution in [3.8, 4) is 11.1 Å². The van der Waals surface area contributed by atoms with E-state index in [0.717, 1.165) is 33.4 Å². The van der Waals surface area contributed by atoms with Crippen molar-refractivity contribution in [1.82, 2.24) is 0 Å². The van der Waals surface area contributed by atoms with Crippen molar-refractivity contribution in [3.05, 3.63) is 82.0 Å². The number of aliphatic hydroxyl groups is 2. The first-order valence-corrected chi connectivity index (χ1v) is 13.9. The second kappa shape index (κ2) is 8.71. The van der Waals surface area contributed by atoms with E-state index in [1.54, 1.807) is 13.8 Å². The smallest absolute Gasteiger partial charge is 0.206 e. The van der Waals surface area contributed by atoms with E-state index in [9.17, 15) is 24.6 Å². The molecule has 2 N–H and O–H groups in total. The van der Waals surface area contributed by atoms with Crippen LogP contribution in [0, 0.1) is 23.7 Å². The fourth-order valence-electron chi connectivity index (χ4n) is 8.07. The Morgan fingerprint density at radius 3 is 2.27 bits per heavy atom. The van der Waals surface area contributed by atoms with Gasteiger partial charge in [-0.1, -0.05) is 75.8 Å². The van der Waals surface area contributed by atoms with Crippen molar-refractivity contribution in [2.24, 2.45) is 16.7 Å². The van der Waals surface area contributed by atoms with Crippen LogP contribution in [0.2, 0.25) is 0 Å². The summed E-state index contributed by atoms with van der Waals surface area (Å²) >= 11 is 0. The Labute approximate surface area is 236 Å². The highest BCUT2D eigenvalue weighted by atomic mass is 16.3. The lowest BCUT2D eigenvalue weighted by atomic mass is 9.40. The minimum Gasteiger partial charge on any atom is -0.507 e. The quantitative estimate of drug-likeness (QED) is 0.327. The fourth-order valence-corrected chi connectivity index (χ4v) is 8.07. The molecule has 208 valence electrons. The molecule has 0 aliphatic heterocycles. The van der Waals surface area contributed by atoms with Crippen molar-refractivity contribution in [2.45, 2.75) is 73.3 Å². The third kappa shape index (κ3) is 3.21. The third-order valence-electron chi connectivity index (χ3n) is 10.7. The molecule has 0 amide bonds. The molecule has 0 spiro atoms. The maximum absolute atomic E-state index is 14.5. The molecule has 0 unspecified atom stereocenters. The molecular formula is C35H38O5. The number of aliphatic hydroxyl groups excluding tert-OH is 1. The first-order chi connectivity index (χ1) is 18.5. The number of benzene rings is 2. The standard InChI is InChI=1S/C35H38O5/c1-17(2)23-11-10-12-24(15-23)25-14-13-18(3)27-28(25)20(5)34(9)22(7)33(8)16-19(4)26(21(6)36)31(38)35(33,40)32(39)29(34)30(27)37/h10-15,20,22,37,40H,1,16H2,2-9H3/t20-,22+,33+,34-,35+/m1/s1. The van der Waals surface area contributed by atoms with Crippen LogP contribution in [0.1, 0.15) is 83.1 Å². The topological polar surface area (TPSA) is 91.7 Å². The summed E-state index contributed by atoms with van der Waals surface area (Å²) < 4.78 is 0. The monoisotopic (exact) mass is 538 g/mol. The summed E-state index contributed by atoms with van der Waals surface area (Å²) in [5, 5.41) is 24.1. The predicted octanol–water partition coefficient (Wildman–Crippen LogP) is 6.92. The predicted molar refractivity (Wildman–Crippen MR) is 158 cm³/mol. The van der Waals surface area contributed by atoms with Crippen molar-refractivity contribution in [3.63, 3.8) is 0 Å². The van der Waals surface area contributed by atoms with Crippen LogP contribution < -0.4 is 0 Å². The van der Waals surface area contributed by atoms with Gasteiger partial charge in [0.15, 0.2) is 11.4 Å². The molecule has 5 rings (SSSR count). The molecule has 2 aromatic carbocycles. The van der Waals surface area contributed by atoms with Crippen LogP contribution in [0.5, 0.6) is 0 Å². The summed E-state index contributed by atoms with van der Waals surface area (Å²) in [5.41, 5.74) is 2.23. The van der Waals surface area contributed by atoms with Crippen molar-refractivity contribution >= 4 is 28.7 Å². The molecule has 5 atom stereocenters. The Kier molecular flexibility index (Phi) is 6.09. The summed E-state index contributed by atoms with van der Waals surface area (Å²) in [4.78, 5) is 40.8. The van der Waals surface area contributed by atoms with E-state index in [2.05, 4.69) is 25.6 Å². The van der Waals surface area contributed by atoms with Gasteiger partial charge >= 0.3 is 0 Å². The van der Waals surface area contributed by atoms with Gasteiger partial charge in [0, 0.05) is 22.0 Å². The largest absolute Gasteiger partial charge is 0.507 e. The number of ketones is 3. The van der Waals surface area contributed by atoms with Crippen molar-refractivity contribution in [1.29, 1.82) is 0 Å². The van der Waals surface area contributed by atoms with Gasteiger partial charge < -0.3 is 10.2 Å². The zero-order chi connectivity index (χ0) is 29.7. The van der Waals surface area contributed by atoms with Crippen molar-refractivity contribution in [2.75, 3.05) is 0 Å². The minimum atomic E-state index is -2.45. The molecule has 1 fully saturated rings. The first-order valence-electron chi connectivity index (χ1n) is 13.9. The van der Waals surface area contributed by atoms with E-state index in [1.165, 1.54) is 6.92 Å². The molecule has 2 aromatic rings. The Bertz CT molecular complexity index is 1620. The Morgan fingerprint density at radius 1 is 1.02 bits per heavy atom. The average molecular weight is 539 g/mol. The Balaban J connectivity index is 1.84. The van der Waals surface area contributed by atoms with Gasteiger partial charge in [-0.15, -0.1) is 0 Å². The molecule has 40 heavy (non-hydrogen) atoms. The number of allylic oxidation sites excluding steroid dienone is 2. The van der Waals surface area contributed by atoms with Gasteiger partial charge in [0.1, 0.15) is 5.76 Å². The van der Waals surface area contributed by atoms with Gasteiger partial charge in [-0.3, -0.25) is 14.4 Å². The van der Waals surface area contributed by atoms with Crippen LogP contribution in [0.4, 0.5) is 0 Å². The van der Waals surface area contributed by atoms with E-state index in [-0.39, 0.29) is 29.2 Å². The molecule has 5 nitrogen and oxygen atoms in total. The summed E-state index contributed by atoms with van der Waals surface area (Å²) in [7, 11) is 0. The number of aryl methyl sites for hydroxylation is 1. The summed E-state index contributed by atoms with van der Waals surface area (Å²) in [6.45, 7) is 18.7. The second-order valence-electron chi connectivity index (χ2n) is 12.7. The van der Waals surface area contributed by atoms with Crippen LogP contribution >= 0.6 is 0 Å². The first kappa shape index (κ1) is 28.0. The summed E-state index contributed by atoms with van der Waals surface area (Å²) in [6.07, 6.45) is 0.224. The van der Waals surface area contributed by atoms with Crippen LogP contribution in [-0.4, -0.2) is 33.2 Å². The second-order valence-corrected chi connectivity index (χ2v) is 12.7. The molecule has 3 aliphatic carbocycles. The van der Waals surface area contributed by atoms with Gasteiger partial charge in [0.25, 0.3) is 0 Å². The van der Waals surface area contributed by atoms with E-state index < -0.39 is 39.7 Å². The average Bonchev–Trinajstić information content (AvgIpc) is 2.88. The molecule has 0 saturated heterocycles. The number of carbonyl (C=O) groups excluding carboxylic acids is 3. The van der Waals surface area contributed by atoms with Gasteiger partial charge in [-0.2, -0.15) is 0 Å². The van der Waals surface area contributed by atoms with Gasteiger partial charge in [0.2, 0.25) is 11.6 Å². The molecule has 1 saturated carbocycles. The molecule has 0 heterocycles. The number of carbonyl (C=O) groups is 3. The van der Waals surface area contributed by atoms with Crippen LogP contribution in [0.3, 0.4) is 0 Å². The van der Waals surface area contributed by atoms with E-state index in [1.807, 2.05) is 52.0 Å². The van der Waals surface area contributed by atoms with Crippen LogP contribution in [-0.2, 0) is 14.4 Å². The fraction of sp³-hybridized carbons (Fsp3) is 0.400. The number of rotatable bonds is 3. The van der Waals surface area contributed by atoms with Gasteiger partial charge in [0.05, 0.1) is 5.57 Å². The zero-order valence-electron chi connectivity index (χ0n) is 24.7. The van der Waals surface area contributed by atoms with Crippen molar-refractivity contribution < 1.29 is 24.6 Å². The zero-order valence-corrected chi connectivity index (χ0v) is 24.7. The molecule has 3 aliphatic rings. The van der Waals surface area contributed by atoms with Crippen LogP contribution in [0.15, 0.2) is 59.7 Å². The number of fused-ring (bicyclic) bond motifs is 3. The molecule has 0 radical (unpaired) electrons. The lowest BCUT2D eigenvalue weighted by Gasteiger charge is -2.62. The summed E-state index contributed by atoms with van der Waals surface area (Å²) in [5.74, 6) is -2.97. The van der Waals surface area contributed by atoms with Gasteiger partial charge in [-0.05, 0) is 79.8 Å². The molecule has 0 bridgehead atoms. The highest BCUT2D eigenvalue weighted by Crippen LogP contribution is 2.68. The van der Waals surface area contributed by atoms with Gasteiger partial charge in [-0.25, -0.2) is 0 Å². The maximum atomic E-state index is 14.5. The van der Waals surface area contributed by atoms with E-state index in [4.69, 9.17) is 0 Å². The van der Waals surface area contributed by atoms with Crippen LogP contribution in [0.25, 0.3) is 22.5 Å². The lowest BCUT2D eigenvalue weighted by Crippen LogP contribution is -2.71. The molecular weight excluding hydrogens is 500 g/mol. The SMILES string of the molecule is C=C(C)c1cccc(-c2ccc(C)c3c2[C@@H](C)[C@@]2(C)C(=C3O)C(=O)[C@@]3(O)C(=O)C(C(C)=O)=C(C)C[C@@]3(C)[C@@H]2C)c1. The van der Waals surface area contributed by atoms with E-state index in [0.29, 0.717) is 11.1 Å². The maximum Gasteiger partial charge on any atom is 0.206 e. The Morgan fingerprint density at radius 2 is 1.68 bits per heavy atom. The van der Waals surface area contributed by atoms with E-state index >= 15 is 0 Å². The Hall–Kier alpha value is -3.57. The number of hydrogen-bond acceptors (Lipinski definition) is 5. The third-order valence-corrected chi connectivity index (χ3v) is 10.7. The lowest BCUT2D eigenvalue weighted by molar-refractivity contribution is -0.182. The molecule has 0 aromatic heterocycles. The highest BCUT2D eigenvalue weighted by molar-refractivity contribution is 6.33. The normalized spacial score (nSPS) is 31.5. The number of Topliss-reactive ketones (excluding diaryl/α,β-unsaturated/α-hetero) is 3. The highest BCUT2D eigenvalue weighted by Gasteiger charge is 2.73. The summed E-state index contributed by atoms with van der Waals surface area (Å²) in [6, 6.07) is 12.1. The molecule has 5 heteroatoms. The number of hydrogen-bond donors (Lipinski definition) is 2. The minimum absolute atomic E-state index is 0.0757.